The van der Waals surface area contributed by atoms with Gasteiger partial charge < -0.3 is 14.2 Å². The molecule has 0 saturated carbocycles. The van der Waals surface area contributed by atoms with Crippen molar-refractivity contribution < 1.29 is 45.8 Å². The number of unbranched alkanes of at least 4 members (excludes halogenated alkanes) is 4. The normalized spacial score (nSPS) is 10.7. The van der Waals surface area contributed by atoms with Gasteiger partial charge in [0.1, 0.15) is 13.2 Å². The van der Waals surface area contributed by atoms with E-state index in [1.54, 1.807) is 0 Å². The largest absolute Gasteiger partial charge is 0.484 e. The zero-order chi connectivity index (χ0) is 21.8. The minimum absolute atomic E-state index is 0.202. The maximum absolute atomic E-state index is 13.4. The van der Waals surface area contributed by atoms with Crippen molar-refractivity contribution in [2.24, 2.45) is 0 Å². The predicted octanol–water partition coefficient (Wildman–Crippen LogP) is 4.60. The van der Waals surface area contributed by atoms with Crippen molar-refractivity contribution in [2.45, 2.75) is 51.9 Å². The van der Waals surface area contributed by atoms with Gasteiger partial charge in [0.15, 0.2) is 5.75 Å². The van der Waals surface area contributed by atoms with Crippen LogP contribution in [0.1, 0.15) is 51.9 Å². The molecule has 0 amide bonds. The van der Waals surface area contributed by atoms with Crippen LogP contribution in [0, 0.1) is 29.1 Å². The quantitative estimate of drug-likeness (QED) is 0.152. The number of rotatable bonds is 13. The molecule has 5 nitrogen and oxygen atoms in total. The molecule has 0 heterocycles. The van der Waals surface area contributed by atoms with Crippen molar-refractivity contribution in [1.29, 1.82) is 0 Å². The van der Waals surface area contributed by atoms with Gasteiger partial charge in [-0.05, 0) is 6.42 Å². The van der Waals surface area contributed by atoms with Gasteiger partial charge in [0.2, 0.25) is 29.1 Å². The number of halogens is 5. The molecule has 1 aromatic rings. The van der Waals surface area contributed by atoms with E-state index >= 15 is 0 Å². The Morgan fingerprint density at radius 3 is 1.69 bits per heavy atom. The lowest BCUT2D eigenvalue weighted by atomic mass is 10.2. The van der Waals surface area contributed by atoms with Crippen molar-refractivity contribution in [1.82, 2.24) is 0 Å². The smallest absolute Gasteiger partial charge is 0.306 e. The van der Waals surface area contributed by atoms with Gasteiger partial charge in [-0.2, -0.15) is 8.78 Å². The third-order valence-electron chi connectivity index (χ3n) is 3.81. The van der Waals surface area contributed by atoms with Gasteiger partial charge in [0.25, 0.3) is 0 Å². The van der Waals surface area contributed by atoms with Crippen LogP contribution in [0.5, 0.6) is 5.75 Å². The summed E-state index contributed by atoms with van der Waals surface area (Å²) in [7, 11) is 0. The Morgan fingerprint density at radius 2 is 1.14 bits per heavy atom. The first kappa shape index (κ1) is 24.6. The Kier molecular flexibility index (Phi) is 11.0. The van der Waals surface area contributed by atoms with Crippen LogP contribution in [0.3, 0.4) is 0 Å². The number of benzene rings is 1. The average molecular weight is 426 g/mol. The summed E-state index contributed by atoms with van der Waals surface area (Å²) in [5.41, 5.74) is 0. The SMILES string of the molecule is CCCCCCCOC(=O)CCC(=O)OCCOc1c(F)c(F)c(F)c(F)c1F. The molecule has 0 aliphatic carbocycles. The molecule has 29 heavy (non-hydrogen) atoms. The van der Waals surface area contributed by atoms with Crippen LogP contribution in [0.25, 0.3) is 0 Å². The molecular weight excluding hydrogens is 403 g/mol. The second kappa shape index (κ2) is 12.9. The maximum Gasteiger partial charge on any atom is 0.306 e. The highest BCUT2D eigenvalue weighted by Crippen LogP contribution is 2.28. The van der Waals surface area contributed by atoms with Gasteiger partial charge in [-0.3, -0.25) is 9.59 Å². The highest BCUT2D eigenvalue weighted by Gasteiger charge is 2.27. The van der Waals surface area contributed by atoms with Gasteiger partial charge in [-0.25, -0.2) is 13.2 Å². The summed E-state index contributed by atoms with van der Waals surface area (Å²) in [5.74, 6) is -13.6. The Hall–Kier alpha value is -2.39. The maximum atomic E-state index is 13.4. The van der Waals surface area contributed by atoms with Crippen LogP contribution in [-0.2, 0) is 19.1 Å². The standard InChI is InChI=1S/C19H23F5O5/c1-2-3-4-5-6-9-27-12(25)7-8-13(26)28-10-11-29-19-17(23)15(21)14(20)16(22)18(19)24/h2-11H2,1H3. The fourth-order valence-electron chi connectivity index (χ4n) is 2.25. The zero-order valence-corrected chi connectivity index (χ0v) is 16.0. The first-order chi connectivity index (χ1) is 13.8. The number of esters is 2. The Bertz CT molecular complexity index is 667. The van der Waals surface area contributed by atoms with E-state index < -0.39 is 60.0 Å². The molecular formula is C19H23F5O5. The molecule has 0 N–H and O–H groups in total. The number of hydrogen-bond donors (Lipinski definition) is 0. The summed E-state index contributed by atoms with van der Waals surface area (Å²) in [5, 5.41) is 0. The number of hydrogen-bond acceptors (Lipinski definition) is 5. The van der Waals surface area contributed by atoms with Crippen LogP contribution in [-0.4, -0.2) is 31.8 Å². The lowest BCUT2D eigenvalue weighted by molar-refractivity contribution is -0.150. The Balaban J connectivity index is 2.24. The molecule has 0 fully saturated rings. The lowest BCUT2D eigenvalue weighted by Gasteiger charge is -2.10. The lowest BCUT2D eigenvalue weighted by Crippen LogP contribution is -2.16. The average Bonchev–Trinajstić information content (AvgIpc) is 2.71. The summed E-state index contributed by atoms with van der Waals surface area (Å²) in [4.78, 5) is 23.0. The van der Waals surface area contributed by atoms with Gasteiger partial charge in [-0.15, -0.1) is 0 Å². The molecule has 0 radical (unpaired) electrons. The summed E-state index contributed by atoms with van der Waals surface area (Å²) in [6.07, 6.45) is 4.50. The van der Waals surface area contributed by atoms with Crippen molar-refractivity contribution in [3.05, 3.63) is 29.1 Å². The van der Waals surface area contributed by atoms with E-state index in [0.717, 1.165) is 32.1 Å². The van der Waals surface area contributed by atoms with Crippen molar-refractivity contribution in [2.75, 3.05) is 19.8 Å². The zero-order valence-electron chi connectivity index (χ0n) is 16.0. The number of carbonyl (C=O) groups excluding carboxylic acids is 2. The fraction of sp³-hybridized carbons (Fsp3) is 0.579. The summed E-state index contributed by atoms with van der Waals surface area (Å²) in [6.45, 7) is 1.20. The van der Waals surface area contributed by atoms with Gasteiger partial charge in [0.05, 0.1) is 19.4 Å². The molecule has 0 bridgehead atoms. The van der Waals surface area contributed by atoms with E-state index in [-0.39, 0.29) is 19.4 Å². The highest BCUT2D eigenvalue weighted by molar-refractivity contribution is 5.77. The van der Waals surface area contributed by atoms with Gasteiger partial charge >= 0.3 is 11.9 Å². The minimum atomic E-state index is -2.30. The Morgan fingerprint density at radius 1 is 0.655 bits per heavy atom. The molecule has 0 aromatic heterocycles. The topological polar surface area (TPSA) is 61.8 Å². The Labute approximate surface area is 165 Å². The van der Waals surface area contributed by atoms with Gasteiger partial charge in [-0.1, -0.05) is 32.6 Å². The molecule has 0 saturated heterocycles. The molecule has 0 unspecified atom stereocenters. The van der Waals surface area contributed by atoms with Crippen molar-refractivity contribution >= 4 is 11.9 Å². The van der Waals surface area contributed by atoms with E-state index in [0.29, 0.717) is 0 Å². The monoisotopic (exact) mass is 426 g/mol. The molecule has 0 aliphatic rings. The number of carbonyl (C=O) groups is 2. The van der Waals surface area contributed by atoms with Gasteiger partial charge in [0, 0.05) is 0 Å². The second-order valence-corrected chi connectivity index (χ2v) is 6.10. The van der Waals surface area contributed by atoms with Crippen LogP contribution in [0.2, 0.25) is 0 Å². The molecule has 1 rings (SSSR count). The second-order valence-electron chi connectivity index (χ2n) is 6.10. The fourth-order valence-corrected chi connectivity index (χ4v) is 2.25. The number of ether oxygens (including phenoxy) is 3. The first-order valence-corrected chi connectivity index (χ1v) is 9.25. The summed E-state index contributed by atoms with van der Waals surface area (Å²) < 4.78 is 79.8. The summed E-state index contributed by atoms with van der Waals surface area (Å²) in [6, 6.07) is 0. The van der Waals surface area contributed by atoms with Crippen LogP contribution >= 0.6 is 0 Å². The third kappa shape index (κ3) is 8.25. The van der Waals surface area contributed by atoms with E-state index in [2.05, 4.69) is 16.4 Å². The van der Waals surface area contributed by atoms with E-state index in [1.165, 1.54) is 0 Å². The summed E-state index contributed by atoms with van der Waals surface area (Å²) >= 11 is 0. The highest BCUT2D eigenvalue weighted by atomic mass is 19.2. The molecule has 164 valence electrons. The van der Waals surface area contributed by atoms with Crippen LogP contribution in [0.4, 0.5) is 22.0 Å². The molecule has 1 aromatic carbocycles. The van der Waals surface area contributed by atoms with Crippen molar-refractivity contribution in [3.63, 3.8) is 0 Å². The molecule has 0 spiro atoms. The van der Waals surface area contributed by atoms with E-state index in [9.17, 15) is 31.5 Å². The van der Waals surface area contributed by atoms with E-state index in [1.807, 2.05) is 0 Å². The van der Waals surface area contributed by atoms with E-state index in [4.69, 9.17) is 4.74 Å². The first-order valence-electron chi connectivity index (χ1n) is 9.25. The van der Waals surface area contributed by atoms with Crippen LogP contribution in [0.15, 0.2) is 0 Å². The predicted molar refractivity (Wildman–Crippen MR) is 91.6 cm³/mol. The van der Waals surface area contributed by atoms with Crippen molar-refractivity contribution in [3.8, 4) is 5.75 Å². The molecule has 0 aliphatic heterocycles. The van der Waals surface area contributed by atoms with Crippen LogP contribution < -0.4 is 4.74 Å². The minimum Gasteiger partial charge on any atom is -0.484 e. The third-order valence-corrected chi connectivity index (χ3v) is 3.81. The molecule has 10 heteroatoms. The molecule has 0 atom stereocenters.